The van der Waals surface area contributed by atoms with Crippen molar-refractivity contribution < 1.29 is 19.0 Å². The lowest BCUT2D eigenvalue weighted by Crippen LogP contribution is -2.18. The molecule has 0 aliphatic heterocycles. The number of hydrogen-bond acceptors (Lipinski definition) is 6. The maximum atomic E-state index is 12.4. The summed E-state index contributed by atoms with van der Waals surface area (Å²) < 4.78 is 17.5. The Bertz CT molecular complexity index is 1110. The van der Waals surface area contributed by atoms with Gasteiger partial charge in [-0.1, -0.05) is 29.3 Å². The van der Waals surface area contributed by atoms with Crippen LogP contribution in [0.1, 0.15) is 21.6 Å². The molecule has 1 amide bonds. The zero-order chi connectivity index (χ0) is 22.4. The van der Waals surface area contributed by atoms with Crippen LogP contribution in [-0.2, 0) is 6.54 Å². The molecule has 0 saturated carbocycles. The normalized spacial score (nSPS) is 10.9. The molecule has 0 radical (unpaired) electrons. The lowest BCUT2D eigenvalue weighted by Gasteiger charge is -2.11. The molecule has 3 rings (SSSR count). The summed E-state index contributed by atoms with van der Waals surface area (Å²) in [6, 6.07) is 10.2. The highest BCUT2D eigenvalue weighted by atomic mass is 35.5. The van der Waals surface area contributed by atoms with Crippen molar-refractivity contribution in [2.45, 2.75) is 6.54 Å². The average Bonchev–Trinajstić information content (AvgIpc) is 3.24. The maximum absolute atomic E-state index is 12.4. The van der Waals surface area contributed by atoms with Crippen molar-refractivity contribution >= 4 is 35.3 Å². The Balaban J connectivity index is 1.68. The first-order valence-electron chi connectivity index (χ1n) is 9.06. The molecule has 0 fully saturated rings. The molecule has 0 atom stereocenters. The smallest absolute Gasteiger partial charge is 0.291 e. The molecule has 0 bridgehead atoms. The first-order chi connectivity index (χ1) is 14.9. The van der Waals surface area contributed by atoms with Crippen LogP contribution in [0.3, 0.4) is 0 Å². The monoisotopic (exact) mass is 462 g/mol. The fourth-order valence-electron chi connectivity index (χ4n) is 2.77. The summed E-state index contributed by atoms with van der Waals surface area (Å²) in [6.07, 6.45) is 3.13. The summed E-state index contributed by atoms with van der Waals surface area (Å²) in [4.78, 5) is 12.4. The minimum Gasteiger partial charge on any atom is -0.496 e. The number of aromatic nitrogens is 2. The largest absolute Gasteiger partial charge is 0.496 e. The van der Waals surface area contributed by atoms with Crippen LogP contribution < -0.4 is 19.6 Å². The first kappa shape index (κ1) is 22.5. The van der Waals surface area contributed by atoms with Gasteiger partial charge in [0.15, 0.2) is 17.2 Å². The molecule has 10 heteroatoms. The van der Waals surface area contributed by atoms with E-state index in [0.717, 1.165) is 5.56 Å². The van der Waals surface area contributed by atoms with Gasteiger partial charge in [-0.25, -0.2) is 5.43 Å². The van der Waals surface area contributed by atoms with E-state index in [-0.39, 0.29) is 5.69 Å². The molecule has 0 unspecified atom stereocenters. The number of hydrazone groups is 1. The van der Waals surface area contributed by atoms with Crippen LogP contribution in [0.2, 0.25) is 10.0 Å². The van der Waals surface area contributed by atoms with Crippen molar-refractivity contribution in [1.29, 1.82) is 0 Å². The standard InChI is InChI=1S/C21H20Cl2N4O4/c1-29-18-10-20(31-3)19(30-2)8-14(18)11-24-25-21(28)17-6-7-27(26-17)12-13-4-5-15(22)9-16(13)23/h4-11H,12H2,1-3H3,(H,25,28). The van der Waals surface area contributed by atoms with Crippen LogP contribution in [0.15, 0.2) is 47.7 Å². The van der Waals surface area contributed by atoms with E-state index in [1.165, 1.54) is 27.5 Å². The lowest BCUT2D eigenvalue weighted by molar-refractivity contribution is 0.0949. The minimum atomic E-state index is -0.461. The molecule has 0 aliphatic carbocycles. The van der Waals surface area contributed by atoms with Crippen LogP contribution in [-0.4, -0.2) is 43.2 Å². The molecule has 1 aromatic heterocycles. The maximum Gasteiger partial charge on any atom is 0.291 e. The summed E-state index contributed by atoms with van der Waals surface area (Å²) >= 11 is 12.1. The summed E-state index contributed by atoms with van der Waals surface area (Å²) in [6.45, 7) is 0.398. The van der Waals surface area contributed by atoms with E-state index in [2.05, 4.69) is 15.6 Å². The van der Waals surface area contributed by atoms with Crippen molar-refractivity contribution in [2.75, 3.05) is 21.3 Å². The fourth-order valence-corrected chi connectivity index (χ4v) is 3.23. The molecule has 0 aliphatic rings. The van der Waals surface area contributed by atoms with Gasteiger partial charge in [-0.15, -0.1) is 0 Å². The van der Waals surface area contributed by atoms with Gasteiger partial charge in [0.05, 0.1) is 34.1 Å². The van der Waals surface area contributed by atoms with Gasteiger partial charge in [-0.3, -0.25) is 9.48 Å². The third-order valence-electron chi connectivity index (χ3n) is 4.33. The van der Waals surface area contributed by atoms with Gasteiger partial charge >= 0.3 is 0 Å². The van der Waals surface area contributed by atoms with E-state index in [1.807, 2.05) is 6.07 Å². The van der Waals surface area contributed by atoms with Crippen LogP contribution in [0.5, 0.6) is 17.2 Å². The number of benzene rings is 2. The number of methoxy groups -OCH3 is 3. The highest BCUT2D eigenvalue weighted by molar-refractivity contribution is 6.35. The van der Waals surface area contributed by atoms with Gasteiger partial charge in [-0.05, 0) is 29.8 Å². The van der Waals surface area contributed by atoms with Gasteiger partial charge < -0.3 is 14.2 Å². The molecule has 3 aromatic rings. The summed E-state index contributed by atoms with van der Waals surface area (Å²) in [5.41, 5.74) is 4.09. The van der Waals surface area contributed by atoms with Crippen molar-refractivity contribution in [2.24, 2.45) is 5.10 Å². The number of carbonyl (C=O) groups is 1. The second-order valence-electron chi connectivity index (χ2n) is 6.28. The summed E-state index contributed by atoms with van der Waals surface area (Å²) in [5, 5.41) is 9.33. The van der Waals surface area contributed by atoms with Gasteiger partial charge in [0.2, 0.25) is 0 Å². The summed E-state index contributed by atoms with van der Waals surface area (Å²) in [5.74, 6) is 1.08. The van der Waals surface area contributed by atoms with Gasteiger partial charge in [0.1, 0.15) is 5.75 Å². The highest BCUT2D eigenvalue weighted by Crippen LogP contribution is 2.33. The first-order valence-corrected chi connectivity index (χ1v) is 9.81. The third kappa shape index (κ3) is 5.48. The third-order valence-corrected chi connectivity index (χ3v) is 4.91. The van der Waals surface area contributed by atoms with E-state index in [1.54, 1.807) is 41.2 Å². The number of carbonyl (C=O) groups excluding carboxylic acids is 1. The Morgan fingerprint density at radius 3 is 2.45 bits per heavy atom. The molecular formula is C21H20Cl2N4O4. The molecule has 31 heavy (non-hydrogen) atoms. The number of rotatable bonds is 8. The molecule has 1 N–H and O–H groups in total. The zero-order valence-electron chi connectivity index (χ0n) is 17.1. The number of nitrogens with zero attached hydrogens (tertiary/aromatic N) is 3. The Morgan fingerprint density at radius 1 is 1.06 bits per heavy atom. The number of amides is 1. The molecule has 0 spiro atoms. The highest BCUT2D eigenvalue weighted by Gasteiger charge is 2.12. The number of ether oxygens (including phenoxy) is 3. The molecule has 162 valence electrons. The Kier molecular flexibility index (Phi) is 7.38. The number of nitrogens with one attached hydrogen (secondary N) is 1. The molecule has 1 heterocycles. The van der Waals surface area contributed by atoms with Crippen molar-refractivity contribution in [3.8, 4) is 17.2 Å². The number of hydrogen-bond donors (Lipinski definition) is 1. The molecular weight excluding hydrogens is 443 g/mol. The van der Waals surface area contributed by atoms with Crippen molar-refractivity contribution in [1.82, 2.24) is 15.2 Å². The average molecular weight is 463 g/mol. The Hall–Kier alpha value is -3.23. The quantitative estimate of drug-likeness (QED) is 0.403. The van der Waals surface area contributed by atoms with E-state index in [9.17, 15) is 4.79 Å². The number of halogens is 2. The second kappa shape index (κ2) is 10.2. The van der Waals surface area contributed by atoms with E-state index >= 15 is 0 Å². The molecule has 0 saturated heterocycles. The van der Waals surface area contributed by atoms with Crippen LogP contribution in [0, 0.1) is 0 Å². The van der Waals surface area contributed by atoms with Crippen LogP contribution in [0.25, 0.3) is 0 Å². The minimum absolute atomic E-state index is 0.210. The topological polar surface area (TPSA) is 87.0 Å². The van der Waals surface area contributed by atoms with Gasteiger partial charge in [-0.2, -0.15) is 10.2 Å². The van der Waals surface area contributed by atoms with Crippen molar-refractivity contribution in [3.05, 3.63) is 69.5 Å². The molecule has 2 aromatic carbocycles. The Morgan fingerprint density at radius 2 is 1.77 bits per heavy atom. The second-order valence-corrected chi connectivity index (χ2v) is 7.13. The van der Waals surface area contributed by atoms with Gasteiger partial charge in [0, 0.05) is 27.9 Å². The van der Waals surface area contributed by atoms with Crippen LogP contribution >= 0.6 is 23.2 Å². The van der Waals surface area contributed by atoms with Crippen molar-refractivity contribution in [3.63, 3.8) is 0 Å². The fraction of sp³-hybridized carbons (Fsp3) is 0.190. The van der Waals surface area contributed by atoms with E-state index in [0.29, 0.717) is 39.4 Å². The molecule has 8 nitrogen and oxygen atoms in total. The van der Waals surface area contributed by atoms with E-state index < -0.39 is 5.91 Å². The predicted molar refractivity (Wildman–Crippen MR) is 119 cm³/mol. The zero-order valence-corrected chi connectivity index (χ0v) is 18.6. The van der Waals surface area contributed by atoms with Gasteiger partial charge in [0.25, 0.3) is 5.91 Å². The van der Waals surface area contributed by atoms with Crippen LogP contribution in [0.4, 0.5) is 0 Å². The Labute approximate surface area is 189 Å². The predicted octanol–water partition coefficient (Wildman–Crippen LogP) is 4.03. The SMILES string of the molecule is COc1cc(OC)c(OC)cc1C=NNC(=O)c1ccn(Cc2ccc(Cl)cc2Cl)n1. The lowest BCUT2D eigenvalue weighted by atomic mass is 10.2. The van der Waals surface area contributed by atoms with E-state index in [4.69, 9.17) is 37.4 Å². The summed E-state index contributed by atoms with van der Waals surface area (Å²) in [7, 11) is 4.59.